The van der Waals surface area contributed by atoms with E-state index < -0.39 is 10.0 Å². The van der Waals surface area contributed by atoms with E-state index >= 15 is 0 Å². The molecule has 9 heteroatoms. The minimum absolute atomic E-state index is 0.0946. The molecule has 0 radical (unpaired) electrons. The molecule has 0 spiro atoms. The van der Waals surface area contributed by atoms with Crippen molar-refractivity contribution in [3.63, 3.8) is 0 Å². The molecule has 1 aliphatic rings. The molecule has 0 saturated carbocycles. The van der Waals surface area contributed by atoms with Gasteiger partial charge < -0.3 is 14.0 Å². The molecule has 1 N–H and O–H groups in total. The molecule has 21 heavy (non-hydrogen) atoms. The first-order chi connectivity index (χ1) is 10.0. The SMILES string of the molecule is Cn1cnc(S(=O)(=O)NCCCOCC2CCCO2)c1Cl. The van der Waals surface area contributed by atoms with Crippen molar-refractivity contribution < 1.29 is 17.9 Å². The highest BCUT2D eigenvalue weighted by Crippen LogP contribution is 2.18. The minimum Gasteiger partial charge on any atom is -0.379 e. The number of hydrogen-bond donors (Lipinski definition) is 1. The molecule has 0 aromatic carbocycles. The summed E-state index contributed by atoms with van der Waals surface area (Å²) < 4.78 is 38.7. The number of imidazole rings is 1. The Morgan fingerprint density at radius 1 is 1.62 bits per heavy atom. The van der Waals surface area contributed by atoms with Crippen molar-refractivity contribution in [1.29, 1.82) is 0 Å². The molecule has 0 aliphatic carbocycles. The van der Waals surface area contributed by atoms with E-state index in [0.29, 0.717) is 19.6 Å². The topological polar surface area (TPSA) is 82.5 Å². The lowest BCUT2D eigenvalue weighted by molar-refractivity contribution is 0.0169. The van der Waals surface area contributed by atoms with E-state index in [1.54, 1.807) is 7.05 Å². The third-order valence-electron chi connectivity index (χ3n) is 3.17. The Morgan fingerprint density at radius 3 is 3.05 bits per heavy atom. The molecule has 1 aromatic heterocycles. The Labute approximate surface area is 129 Å². The fourth-order valence-electron chi connectivity index (χ4n) is 2.01. The summed E-state index contributed by atoms with van der Waals surface area (Å²) >= 11 is 5.87. The first-order valence-corrected chi connectivity index (χ1v) is 8.72. The molecule has 1 aliphatic heterocycles. The number of ether oxygens (including phenoxy) is 2. The maximum Gasteiger partial charge on any atom is 0.261 e. The highest BCUT2D eigenvalue weighted by molar-refractivity contribution is 7.89. The standard InChI is InChI=1S/C12H20ClN3O4S/c1-16-9-14-12(11(16)13)21(17,18)15-5-3-6-19-8-10-4-2-7-20-10/h9-10,15H,2-8H2,1H3. The molecule has 0 bridgehead atoms. The number of aryl methyl sites for hydroxylation is 1. The van der Waals surface area contributed by atoms with Gasteiger partial charge in [-0.15, -0.1) is 0 Å². The maximum absolute atomic E-state index is 12.0. The second-order valence-electron chi connectivity index (χ2n) is 4.91. The molecule has 0 amide bonds. The number of sulfonamides is 1. The predicted molar refractivity (Wildman–Crippen MR) is 77.8 cm³/mol. The predicted octanol–water partition coefficient (Wildman–Crippen LogP) is 0.937. The zero-order chi connectivity index (χ0) is 15.3. The first kappa shape index (κ1) is 16.7. The Kier molecular flexibility index (Phi) is 6.00. The molecule has 1 aromatic rings. The lowest BCUT2D eigenvalue weighted by Crippen LogP contribution is -2.26. The van der Waals surface area contributed by atoms with Gasteiger partial charge in [0.15, 0.2) is 0 Å². The average molecular weight is 338 g/mol. The number of nitrogens with one attached hydrogen (secondary N) is 1. The van der Waals surface area contributed by atoms with E-state index in [0.717, 1.165) is 19.4 Å². The second kappa shape index (κ2) is 7.55. The summed E-state index contributed by atoms with van der Waals surface area (Å²) in [6.07, 6.45) is 4.25. The summed E-state index contributed by atoms with van der Waals surface area (Å²) in [6.45, 7) is 2.14. The van der Waals surface area contributed by atoms with Gasteiger partial charge in [-0.2, -0.15) is 0 Å². The molecule has 2 heterocycles. The molecular formula is C12H20ClN3O4S. The fourth-order valence-corrected chi connectivity index (χ4v) is 3.51. The van der Waals surface area contributed by atoms with E-state index in [-0.39, 0.29) is 22.8 Å². The van der Waals surface area contributed by atoms with Gasteiger partial charge in [0.1, 0.15) is 5.15 Å². The molecule has 7 nitrogen and oxygen atoms in total. The van der Waals surface area contributed by atoms with Crippen LogP contribution in [-0.4, -0.2) is 50.4 Å². The molecule has 1 atom stereocenters. The Morgan fingerprint density at radius 2 is 2.43 bits per heavy atom. The Balaban J connectivity index is 1.66. The fraction of sp³-hybridized carbons (Fsp3) is 0.750. The van der Waals surface area contributed by atoms with Gasteiger partial charge in [0.2, 0.25) is 5.03 Å². The number of rotatable bonds is 8. The van der Waals surface area contributed by atoms with Gasteiger partial charge in [0.05, 0.1) is 19.0 Å². The molecule has 1 saturated heterocycles. The quantitative estimate of drug-likeness (QED) is 0.714. The summed E-state index contributed by atoms with van der Waals surface area (Å²) in [5.74, 6) is 0. The van der Waals surface area contributed by atoms with Crippen LogP contribution in [0.1, 0.15) is 19.3 Å². The van der Waals surface area contributed by atoms with Crippen LogP contribution in [0.3, 0.4) is 0 Å². The second-order valence-corrected chi connectivity index (χ2v) is 6.95. The molecule has 1 fully saturated rings. The van der Waals surface area contributed by atoms with Gasteiger partial charge in [-0.25, -0.2) is 18.1 Å². The van der Waals surface area contributed by atoms with E-state index in [9.17, 15) is 8.42 Å². The van der Waals surface area contributed by atoms with Crippen LogP contribution in [0.25, 0.3) is 0 Å². The van der Waals surface area contributed by atoms with Gasteiger partial charge in [0.25, 0.3) is 10.0 Å². The third kappa shape index (κ3) is 4.65. The zero-order valence-electron chi connectivity index (χ0n) is 11.9. The van der Waals surface area contributed by atoms with Gasteiger partial charge in [-0.1, -0.05) is 11.6 Å². The maximum atomic E-state index is 12.0. The van der Waals surface area contributed by atoms with Crippen molar-refractivity contribution in [2.75, 3.05) is 26.4 Å². The highest BCUT2D eigenvalue weighted by Gasteiger charge is 2.21. The van der Waals surface area contributed by atoms with Crippen molar-refractivity contribution >= 4 is 21.6 Å². The van der Waals surface area contributed by atoms with Crippen LogP contribution in [-0.2, 0) is 26.5 Å². The van der Waals surface area contributed by atoms with Crippen LogP contribution in [0.5, 0.6) is 0 Å². The first-order valence-electron chi connectivity index (χ1n) is 6.86. The summed E-state index contributed by atoms with van der Waals surface area (Å²) in [7, 11) is -2.03. The number of aromatic nitrogens is 2. The smallest absolute Gasteiger partial charge is 0.261 e. The molecule has 120 valence electrons. The van der Waals surface area contributed by atoms with Crippen molar-refractivity contribution in [3.05, 3.63) is 11.5 Å². The third-order valence-corrected chi connectivity index (χ3v) is 5.12. The van der Waals surface area contributed by atoms with E-state index in [4.69, 9.17) is 21.1 Å². The summed E-state index contributed by atoms with van der Waals surface area (Å²) in [6, 6.07) is 0. The summed E-state index contributed by atoms with van der Waals surface area (Å²) in [4.78, 5) is 3.79. The highest BCUT2D eigenvalue weighted by atomic mass is 35.5. The van der Waals surface area contributed by atoms with E-state index in [1.165, 1.54) is 10.9 Å². The van der Waals surface area contributed by atoms with Crippen LogP contribution >= 0.6 is 11.6 Å². The van der Waals surface area contributed by atoms with Crippen molar-refractivity contribution in [2.24, 2.45) is 7.05 Å². The number of nitrogens with zero attached hydrogens (tertiary/aromatic N) is 2. The Bertz CT molecular complexity index is 555. The van der Waals surface area contributed by atoms with Crippen molar-refractivity contribution in [1.82, 2.24) is 14.3 Å². The summed E-state index contributed by atoms with van der Waals surface area (Å²) in [5.41, 5.74) is 0. The lowest BCUT2D eigenvalue weighted by atomic mass is 10.2. The average Bonchev–Trinajstić information content (AvgIpc) is 3.05. The van der Waals surface area contributed by atoms with Crippen LogP contribution in [0, 0.1) is 0 Å². The van der Waals surface area contributed by atoms with E-state index in [1.807, 2.05) is 0 Å². The Hall–Kier alpha value is -0.670. The van der Waals surface area contributed by atoms with Crippen LogP contribution < -0.4 is 4.72 Å². The van der Waals surface area contributed by atoms with Crippen molar-refractivity contribution in [3.8, 4) is 0 Å². The van der Waals surface area contributed by atoms with Crippen molar-refractivity contribution in [2.45, 2.75) is 30.4 Å². The zero-order valence-corrected chi connectivity index (χ0v) is 13.5. The normalized spacial score (nSPS) is 19.2. The molecule has 1 unspecified atom stereocenters. The lowest BCUT2D eigenvalue weighted by Gasteiger charge is -2.10. The molecular weight excluding hydrogens is 318 g/mol. The number of hydrogen-bond acceptors (Lipinski definition) is 5. The van der Waals surface area contributed by atoms with Gasteiger partial charge >= 0.3 is 0 Å². The largest absolute Gasteiger partial charge is 0.379 e. The molecule has 2 rings (SSSR count). The van der Waals surface area contributed by atoms with Crippen LogP contribution in [0.4, 0.5) is 0 Å². The van der Waals surface area contributed by atoms with Crippen LogP contribution in [0.2, 0.25) is 5.15 Å². The monoisotopic (exact) mass is 337 g/mol. The van der Waals surface area contributed by atoms with Gasteiger partial charge in [-0.3, -0.25) is 0 Å². The summed E-state index contributed by atoms with van der Waals surface area (Å²) in [5, 5.41) is -0.0518. The van der Waals surface area contributed by atoms with Crippen LogP contribution in [0.15, 0.2) is 11.4 Å². The van der Waals surface area contributed by atoms with Gasteiger partial charge in [0, 0.05) is 26.8 Å². The van der Waals surface area contributed by atoms with E-state index in [2.05, 4.69) is 9.71 Å². The van der Waals surface area contributed by atoms with Gasteiger partial charge in [-0.05, 0) is 19.3 Å². The number of halogens is 1. The minimum atomic E-state index is -3.67.